The van der Waals surface area contributed by atoms with Crippen LogP contribution in [0.15, 0.2) is 28.0 Å². The molecule has 0 saturated heterocycles. The molecule has 0 radical (unpaired) electrons. The summed E-state index contributed by atoms with van der Waals surface area (Å²) in [7, 11) is -3.58. The highest BCUT2D eigenvalue weighted by Crippen LogP contribution is 2.36. The van der Waals surface area contributed by atoms with Gasteiger partial charge in [0.2, 0.25) is 11.8 Å². The van der Waals surface area contributed by atoms with E-state index in [1.54, 1.807) is 17.9 Å². The van der Waals surface area contributed by atoms with Crippen LogP contribution in [-0.4, -0.2) is 49.2 Å². The predicted octanol–water partition coefficient (Wildman–Crippen LogP) is 2.15. The summed E-state index contributed by atoms with van der Waals surface area (Å²) in [5.74, 6) is -0.545. The van der Waals surface area contributed by atoms with Gasteiger partial charge in [0.15, 0.2) is 9.84 Å². The Hall–Kier alpha value is -1.54. The maximum atomic E-state index is 12.5. The Balaban J connectivity index is 2.14. The molecule has 0 fully saturated rings. The van der Waals surface area contributed by atoms with Crippen molar-refractivity contribution < 1.29 is 18.0 Å². The van der Waals surface area contributed by atoms with Gasteiger partial charge in [-0.1, -0.05) is 0 Å². The zero-order chi connectivity index (χ0) is 17.9. The first-order valence-corrected chi connectivity index (χ1v) is 10.4. The molecular weight excluding hydrogens is 348 g/mol. The van der Waals surface area contributed by atoms with E-state index < -0.39 is 9.84 Å². The lowest BCUT2D eigenvalue weighted by molar-refractivity contribution is -0.130. The number of hydrogen-bond acceptors (Lipinski definition) is 5. The van der Waals surface area contributed by atoms with E-state index in [2.05, 4.69) is 5.32 Å². The summed E-state index contributed by atoms with van der Waals surface area (Å²) in [6, 6.07) is 4.71. The first-order valence-electron chi connectivity index (χ1n) is 7.90. The number of carbonyl (C=O) groups is 2. The number of nitrogens with zero attached hydrogens (tertiary/aromatic N) is 1. The average molecular weight is 370 g/mol. The second kappa shape index (κ2) is 7.57. The van der Waals surface area contributed by atoms with Gasteiger partial charge in [-0.3, -0.25) is 9.59 Å². The average Bonchev–Trinajstić information content (AvgIpc) is 2.55. The van der Waals surface area contributed by atoms with Gasteiger partial charge < -0.3 is 10.2 Å². The van der Waals surface area contributed by atoms with Gasteiger partial charge in [0.25, 0.3) is 0 Å². The van der Waals surface area contributed by atoms with Crippen LogP contribution in [0.2, 0.25) is 0 Å². The molecule has 0 spiro atoms. The number of carbonyl (C=O) groups excluding carboxylic acids is 2. The van der Waals surface area contributed by atoms with Crippen LogP contribution in [-0.2, 0) is 19.4 Å². The molecule has 1 N–H and O–H groups in total. The lowest BCUT2D eigenvalue weighted by atomic mass is 10.3. The van der Waals surface area contributed by atoms with Crippen molar-refractivity contribution in [2.75, 3.05) is 24.2 Å². The molecule has 6 nitrogen and oxygen atoms in total. The Kier molecular flexibility index (Phi) is 5.92. The van der Waals surface area contributed by atoms with E-state index in [1.165, 1.54) is 23.9 Å². The predicted molar refractivity (Wildman–Crippen MR) is 95.0 cm³/mol. The Bertz CT molecular complexity index is 742. The summed E-state index contributed by atoms with van der Waals surface area (Å²) in [6.45, 7) is 6.65. The van der Waals surface area contributed by atoms with Crippen molar-refractivity contribution in [3.8, 4) is 0 Å². The molecule has 8 heteroatoms. The van der Waals surface area contributed by atoms with Crippen molar-refractivity contribution in [1.29, 1.82) is 0 Å². The fourth-order valence-electron chi connectivity index (χ4n) is 2.46. The van der Waals surface area contributed by atoms with Crippen LogP contribution in [0, 0.1) is 0 Å². The zero-order valence-corrected chi connectivity index (χ0v) is 15.7. The summed E-state index contributed by atoms with van der Waals surface area (Å²) in [5.41, 5.74) is 0.513. The van der Waals surface area contributed by atoms with Gasteiger partial charge >= 0.3 is 0 Å². The van der Waals surface area contributed by atoms with Crippen LogP contribution < -0.4 is 5.32 Å². The molecule has 2 amide bonds. The third-order valence-corrected chi connectivity index (χ3v) is 6.83. The molecule has 24 heavy (non-hydrogen) atoms. The summed E-state index contributed by atoms with van der Waals surface area (Å²) in [6.07, 6.45) is -0.0424. The maximum absolute atomic E-state index is 12.5. The second-order valence-corrected chi connectivity index (χ2v) is 9.03. The third kappa shape index (κ3) is 4.10. The van der Waals surface area contributed by atoms with Crippen LogP contribution >= 0.6 is 11.8 Å². The van der Waals surface area contributed by atoms with Crippen molar-refractivity contribution >= 4 is 39.1 Å². The van der Waals surface area contributed by atoms with Crippen molar-refractivity contribution in [2.24, 2.45) is 0 Å². The molecule has 1 aromatic carbocycles. The topological polar surface area (TPSA) is 83.6 Å². The number of sulfone groups is 1. The highest BCUT2D eigenvalue weighted by atomic mass is 32.2. The maximum Gasteiger partial charge on any atom is 0.237 e. The standard InChI is InChI=1S/C16H22N2O4S2/c1-4-18(5-2)15(19)8-9-24(21,22)12-6-7-14-13(10-12)17-16(20)11(3)23-14/h6-7,10-11H,4-5,8-9H2,1-3H3,(H,17,20). The summed E-state index contributed by atoms with van der Waals surface area (Å²) in [4.78, 5) is 26.3. The summed E-state index contributed by atoms with van der Waals surface area (Å²) in [5, 5.41) is 2.52. The van der Waals surface area contributed by atoms with Gasteiger partial charge in [-0.2, -0.15) is 0 Å². The van der Waals surface area contributed by atoms with Crippen LogP contribution in [0.5, 0.6) is 0 Å². The van der Waals surface area contributed by atoms with Crippen LogP contribution in [0.25, 0.3) is 0 Å². The lowest BCUT2D eigenvalue weighted by Crippen LogP contribution is -2.31. The minimum Gasteiger partial charge on any atom is -0.343 e. The Morgan fingerprint density at radius 1 is 1.29 bits per heavy atom. The fourth-order valence-corrected chi connectivity index (χ4v) is 4.64. The smallest absolute Gasteiger partial charge is 0.237 e. The van der Waals surface area contributed by atoms with E-state index in [4.69, 9.17) is 0 Å². The number of amides is 2. The van der Waals surface area contributed by atoms with Gasteiger partial charge in [-0.25, -0.2) is 8.42 Å². The normalized spacial score (nSPS) is 17.1. The van der Waals surface area contributed by atoms with Crippen LogP contribution in [0.3, 0.4) is 0 Å². The molecule has 1 unspecified atom stereocenters. The summed E-state index contributed by atoms with van der Waals surface area (Å²) < 4.78 is 25.0. The molecule has 1 heterocycles. The van der Waals surface area contributed by atoms with Crippen LogP contribution in [0.4, 0.5) is 5.69 Å². The molecule has 0 aromatic heterocycles. The molecule has 1 aromatic rings. The van der Waals surface area contributed by atoms with Crippen molar-refractivity contribution in [3.63, 3.8) is 0 Å². The molecule has 1 atom stereocenters. The Labute approximate surface area is 146 Å². The minimum absolute atomic E-state index is 0.0424. The number of benzene rings is 1. The van der Waals surface area contributed by atoms with Crippen molar-refractivity contribution in [3.05, 3.63) is 18.2 Å². The quantitative estimate of drug-likeness (QED) is 0.829. The SMILES string of the molecule is CCN(CC)C(=O)CCS(=O)(=O)c1ccc2c(c1)NC(=O)C(C)S2. The second-order valence-electron chi connectivity index (χ2n) is 5.54. The third-order valence-electron chi connectivity index (χ3n) is 3.94. The molecule has 0 saturated carbocycles. The van der Waals surface area contributed by atoms with Gasteiger partial charge in [0.1, 0.15) is 0 Å². The Morgan fingerprint density at radius 2 is 1.96 bits per heavy atom. The lowest BCUT2D eigenvalue weighted by Gasteiger charge is -2.22. The molecule has 132 valence electrons. The monoisotopic (exact) mass is 370 g/mol. The highest BCUT2D eigenvalue weighted by molar-refractivity contribution is 8.01. The molecular formula is C16H22N2O4S2. The fraction of sp³-hybridized carbons (Fsp3) is 0.500. The minimum atomic E-state index is -3.58. The van der Waals surface area contributed by atoms with Gasteiger partial charge in [-0.15, -0.1) is 11.8 Å². The number of rotatable bonds is 6. The first kappa shape index (κ1) is 18.8. The van der Waals surface area contributed by atoms with Crippen molar-refractivity contribution in [1.82, 2.24) is 4.90 Å². The Morgan fingerprint density at radius 3 is 2.58 bits per heavy atom. The van der Waals surface area contributed by atoms with Crippen molar-refractivity contribution in [2.45, 2.75) is 42.2 Å². The summed E-state index contributed by atoms with van der Waals surface area (Å²) >= 11 is 1.40. The molecule has 0 bridgehead atoms. The van der Waals surface area contributed by atoms with E-state index in [-0.39, 0.29) is 34.1 Å². The number of fused-ring (bicyclic) bond motifs is 1. The number of nitrogens with one attached hydrogen (secondary N) is 1. The van der Waals surface area contributed by atoms with Gasteiger partial charge in [-0.05, 0) is 39.0 Å². The van der Waals surface area contributed by atoms with Gasteiger partial charge in [0.05, 0.1) is 21.6 Å². The highest BCUT2D eigenvalue weighted by Gasteiger charge is 2.25. The molecule has 1 aliphatic rings. The van der Waals surface area contributed by atoms with E-state index in [1.807, 2.05) is 13.8 Å². The largest absolute Gasteiger partial charge is 0.343 e. The number of anilines is 1. The molecule has 1 aliphatic heterocycles. The number of thioether (sulfide) groups is 1. The van der Waals surface area contributed by atoms with Gasteiger partial charge in [0, 0.05) is 24.4 Å². The van der Waals surface area contributed by atoms with E-state index in [0.29, 0.717) is 18.8 Å². The van der Waals surface area contributed by atoms with E-state index in [0.717, 1.165) is 4.90 Å². The number of hydrogen-bond donors (Lipinski definition) is 1. The van der Waals surface area contributed by atoms with Crippen LogP contribution in [0.1, 0.15) is 27.2 Å². The molecule has 2 rings (SSSR count). The van der Waals surface area contributed by atoms with E-state index in [9.17, 15) is 18.0 Å². The first-order chi connectivity index (χ1) is 11.3. The zero-order valence-electron chi connectivity index (χ0n) is 14.0. The molecule has 0 aliphatic carbocycles. The van der Waals surface area contributed by atoms with E-state index >= 15 is 0 Å².